The summed E-state index contributed by atoms with van der Waals surface area (Å²) in [6, 6.07) is -0.306. The molecule has 6 heteroatoms. The minimum absolute atomic E-state index is 0.0394. The molecule has 1 heterocycles. The molecule has 0 bridgehead atoms. The number of carbonyl (C=O) groups is 1. The Morgan fingerprint density at radius 3 is 2.58 bits per heavy atom. The van der Waals surface area contributed by atoms with E-state index < -0.39 is 0 Å². The van der Waals surface area contributed by atoms with E-state index in [9.17, 15) is 4.79 Å². The summed E-state index contributed by atoms with van der Waals surface area (Å²) in [7, 11) is 0. The monoisotopic (exact) mass is 285 g/mol. The zero-order chi connectivity index (χ0) is 13.7. The summed E-state index contributed by atoms with van der Waals surface area (Å²) >= 11 is 1.70. The maximum Gasteiger partial charge on any atom is 0.233 e. The first kappa shape index (κ1) is 14.5. The van der Waals surface area contributed by atoms with Gasteiger partial charge in [-0.15, -0.1) is 11.8 Å². The molecule has 0 radical (unpaired) electrons. The van der Waals surface area contributed by atoms with Gasteiger partial charge in [-0.3, -0.25) is 4.79 Å². The van der Waals surface area contributed by atoms with E-state index in [1.54, 1.807) is 11.8 Å². The number of thioether (sulfide) groups is 1. The maximum atomic E-state index is 12.2. The molecule has 5 nitrogen and oxygen atoms in total. The highest BCUT2D eigenvalue weighted by molar-refractivity contribution is 8.00. The van der Waals surface area contributed by atoms with Gasteiger partial charge in [0.05, 0.1) is 11.3 Å². The molecule has 108 valence electrons. The fraction of sp³-hybridized carbons (Fsp3) is 0.846. The number of amidine groups is 1. The zero-order valence-electron chi connectivity index (χ0n) is 11.2. The summed E-state index contributed by atoms with van der Waals surface area (Å²) in [4.78, 5) is 12.2. The number of amides is 1. The number of oxime groups is 1. The number of carbonyl (C=O) groups excluding carboxylic acids is 1. The van der Waals surface area contributed by atoms with Crippen LogP contribution in [0.3, 0.4) is 0 Å². The summed E-state index contributed by atoms with van der Waals surface area (Å²) in [5, 5.41) is 15.1. The van der Waals surface area contributed by atoms with Crippen molar-refractivity contribution >= 4 is 23.5 Å². The fourth-order valence-electron chi connectivity index (χ4n) is 2.99. The topological polar surface area (TPSA) is 87.7 Å². The second-order valence-electron chi connectivity index (χ2n) is 5.41. The molecule has 1 aliphatic carbocycles. The summed E-state index contributed by atoms with van der Waals surface area (Å²) in [5.41, 5.74) is 5.77. The van der Waals surface area contributed by atoms with Gasteiger partial charge in [-0.1, -0.05) is 24.4 Å². The van der Waals surface area contributed by atoms with E-state index in [4.69, 9.17) is 10.9 Å². The van der Waals surface area contributed by atoms with E-state index in [0.29, 0.717) is 5.92 Å². The average molecular weight is 285 g/mol. The van der Waals surface area contributed by atoms with Crippen LogP contribution in [0.15, 0.2) is 5.16 Å². The van der Waals surface area contributed by atoms with Crippen LogP contribution < -0.4 is 11.1 Å². The smallest absolute Gasteiger partial charge is 0.233 e. The van der Waals surface area contributed by atoms with Gasteiger partial charge in [-0.2, -0.15) is 0 Å². The van der Waals surface area contributed by atoms with Crippen LogP contribution >= 0.6 is 11.8 Å². The molecule has 2 aliphatic rings. The molecule has 0 aromatic rings. The number of nitrogens with two attached hydrogens (primary N) is 1. The summed E-state index contributed by atoms with van der Waals surface area (Å²) in [5.74, 6) is 1.54. The van der Waals surface area contributed by atoms with E-state index in [-0.39, 0.29) is 23.0 Å². The van der Waals surface area contributed by atoms with Gasteiger partial charge in [-0.25, -0.2) is 0 Å². The van der Waals surface area contributed by atoms with Gasteiger partial charge in [0.2, 0.25) is 5.91 Å². The largest absolute Gasteiger partial charge is 0.409 e. The van der Waals surface area contributed by atoms with Crippen LogP contribution in [-0.2, 0) is 4.79 Å². The predicted molar refractivity (Wildman–Crippen MR) is 77.4 cm³/mol. The van der Waals surface area contributed by atoms with Crippen molar-refractivity contribution in [1.82, 2.24) is 5.32 Å². The third kappa shape index (κ3) is 3.78. The van der Waals surface area contributed by atoms with Gasteiger partial charge in [-0.05, 0) is 37.4 Å². The molecule has 0 aromatic heterocycles. The van der Waals surface area contributed by atoms with Crippen molar-refractivity contribution in [3.05, 3.63) is 0 Å². The molecule has 2 fully saturated rings. The predicted octanol–water partition coefficient (Wildman–Crippen LogP) is 1.69. The Kier molecular flexibility index (Phi) is 5.36. The van der Waals surface area contributed by atoms with Crippen LogP contribution in [0.1, 0.15) is 44.9 Å². The number of hydrogen-bond acceptors (Lipinski definition) is 4. The minimum Gasteiger partial charge on any atom is -0.409 e. The van der Waals surface area contributed by atoms with Gasteiger partial charge in [0, 0.05) is 0 Å². The second-order valence-corrected chi connectivity index (χ2v) is 6.72. The maximum absolute atomic E-state index is 12.2. The van der Waals surface area contributed by atoms with Crippen LogP contribution in [0.2, 0.25) is 0 Å². The Bertz CT molecular complexity index is 337. The van der Waals surface area contributed by atoms with Gasteiger partial charge in [0.1, 0.15) is 0 Å². The Hall–Kier alpha value is -0.910. The number of hydrogen-bond donors (Lipinski definition) is 3. The molecular formula is C13H23N3O2S. The molecular weight excluding hydrogens is 262 g/mol. The van der Waals surface area contributed by atoms with Crippen molar-refractivity contribution in [2.45, 2.75) is 56.2 Å². The minimum atomic E-state index is -0.306. The first-order valence-corrected chi connectivity index (χ1v) is 8.16. The van der Waals surface area contributed by atoms with Crippen molar-refractivity contribution < 1.29 is 10.0 Å². The molecule has 1 saturated carbocycles. The van der Waals surface area contributed by atoms with E-state index in [0.717, 1.165) is 44.3 Å². The Labute approximate surface area is 118 Å². The fourth-order valence-corrected chi connectivity index (χ4v) is 4.16. The van der Waals surface area contributed by atoms with Gasteiger partial charge in [0.15, 0.2) is 5.84 Å². The van der Waals surface area contributed by atoms with E-state index in [1.165, 1.54) is 6.42 Å². The summed E-state index contributed by atoms with van der Waals surface area (Å²) in [6.07, 6.45) is 7.68. The lowest BCUT2D eigenvalue weighted by atomic mass is 9.83. The van der Waals surface area contributed by atoms with Crippen LogP contribution in [0.4, 0.5) is 0 Å². The first-order chi connectivity index (χ1) is 9.22. The SMILES string of the molecule is NC(=NO)C(NC(=O)C1CCCS1)C1CCCCC1. The molecule has 0 aromatic carbocycles. The van der Waals surface area contributed by atoms with Gasteiger partial charge >= 0.3 is 0 Å². The molecule has 1 saturated heterocycles. The lowest BCUT2D eigenvalue weighted by Crippen LogP contribution is -2.51. The van der Waals surface area contributed by atoms with E-state index in [2.05, 4.69) is 10.5 Å². The zero-order valence-corrected chi connectivity index (χ0v) is 12.0. The van der Waals surface area contributed by atoms with E-state index >= 15 is 0 Å². The number of nitrogens with zero attached hydrogens (tertiary/aromatic N) is 1. The standard InChI is InChI=1S/C13H23N3O2S/c14-12(16-18)11(9-5-2-1-3-6-9)15-13(17)10-7-4-8-19-10/h9-11,18H,1-8H2,(H2,14,16)(H,15,17). The van der Waals surface area contributed by atoms with Crippen molar-refractivity contribution in [2.75, 3.05) is 5.75 Å². The van der Waals surface area contributed by atoms with Crippen LogP contribution in [0, 0.1) is 5.92 Å². The van der Waals surface area contributed by atoms with Crippen LogP contribution in [-0.4, -0.2) is 34.0 Å². The molecule has 2 rings (SSSR count). The molecule has 2 unspecified atom stereocenters. The lowest BCUT2D eigenvalue weighted by molar-refractivity contribution is -0.121. The molecule has 19 heavy (non-hydrogen) atoms. The number of rotatable bonds is 4. The normalized spacial score (nSPS) is 27.2. The van der Waals surface area contributed by atoms with Crippen LogP contribution in [0.25, 0.3) is 0 Å². The van der Waals surface area contributed by atoms with Gasteiger partial charge < -0.3 is 16.3 Å². The molecule has 2 atom stereocenters. The van der Waals surface area contributed by atoms with Crippen molar-refractivity contribution in [2.24, 2.45) is 16.8 Å². The molecule has 0 spiro atoms. The summed E-state index contributed by atoms with van der Waals surface area (Å²) < 4.78 is 0. The Balaban J connectivity index is 1.98. The average Bonchev–Trinajstić information content (AvgIpc) is 2.99. The second kappa shape index (κ2) is 7.03. The Morgan fingerprint density at radius 2 is 2.00 bits per heavy atom. The third-order valence-electron chi connectivity index (χ3n) is 4.08. The van der Waals surface area contributed by atoms with Crippen molar-refractivity contribution in [3.8, 4) is 0 Å². The highest BCUT2D eigenvalue weighted by Crippen LogP contribution is 2.29. The highest BCUT2D eigenvalue weighted by atomic mass is 32.2. The van der Waals surface area contributed by atoms with Crippen molar-refractivity contribution in [3.63, 3.8) is 0 Å². The first-order valence-electron chi connectivity index (χ1n) is 7.11. The van der Waals surface area contributed by atoms with E-state index in [1.807, 2.05) is 0 Å². The third-order valence-corrected chi connectivity index (χ3v) is 5.45. The molecule has 1 amide bonds. The lowest BCUT2D eigenvalue weighted by Gasteiger charge is -2.30. The molecule has 1 aliphatic heterocycles. The van der Waals surface area contributed by atoms with Gasteiger partial charge in [0.25, 0.3) is 0 Å². The summed E-state index contributed by atoms with van der Waals surface area (Å²) in [6.45, 7) is 0. The quantitative estimate of drug-likeness (QED) is 0.317. The number of nitrogens with one attached hydrogen (secondary N) is 1. The van der Waals surface area contributed by atoms with Crippen molar-refractivity contribution in [1.29, 1.82) is 0 Å². The molecule has 4 N–H and O–H groups in total. The van der Waals surface area contributed by atoms with Crippen LogP contribution in [0.5, 0.6) is 0 Å². The Morgan fingerprint density at radius 1 is 1.26 bits per heavy atom. The highest BCUT2D eigenvalue weighted by Gasteiger charge is 2.31.